The first-order valence-corrected chi connectivity index (χ1v) is 8.13. The molecule has 0 atom stereocenters. The SMILES string of the molecule is O=C(O)c1ccc(NC(=O)c2cc3c(ccc4ccccc43)oc2=O)cc1. The summed E-state index contributed by atoms with van der Waals surface area (Å²) >= 11 is 0. The third kappa shape index (κ3) is 3.04. The summed E-state index contributed by atoms with van der Waals surface area (Å²) in [5.41, 5.74) is 0.0202. The third-order valence-electron chi connectivity index (χ3n) is 4.28. The van der Waals surface area contributed by atoms with Crippen LogP contribution in [0.4, 0.5) is 5.69 Å². The lowest BCUT2D eigenvalue weighted by Crippen LogP contribution is -2.20. The number of benzene rings is 3. The Kier molecular flexibility index (Phi) is 3.93. The van der Waals surface area contributed by atoms with Gasteiger partial charge < -0.3 is 14.8 Å². The number of anilines is 1. The van der Waals surface area contributed by atoms with Gasteiger partial charge in [0, 0.05) is 11.1 Å². The van der Waals surface area contributed by atoms with E-state index in [9.17, 15) is 14.4 Å². The van der Waals surface area contributed by atoms with Crippen molar-refractivity contribution in [3.63, 3.8) is 0 Å². The van der Waals surface area contributed by atoms with Gasteiger partial charge in [-0.25, -0.2) is 9.59 Å². The smallest absolute Gasteiger partial charge is 0.349 e. The highest BCUT2D eigenvalue weighted by Crippen LogP contribution is 2.25. The monoisotopic (exact) mass is 359 g/mol. The number of aromatic carboxylic acids is 1. The molecule has 0 fully saturated rings. The first kappa shape index (κ1) is 16.5. The molecule has 6 heteroatoms. The summed E-state index contributed by atoms with van der Waals surface area (Å²) in [4.78, 5) is 35.7. The predicted molar refractivity (Wildman–Crippen MR) is 101 cm³/mol. The Bertz CT molecular complexity index is 1260. The second-order valence-corrected chi connectivity index (χ2v) is 5.98. The van der Waals surface area contributed by atoms with Crippen molar-refractivity contribution in [1.82, 2.24) is 0 Å². The Morgan fingerprint density at radius 3 is 2.37 bits per heavy atom. The van der Waals surface area contributed by atoms with Crippen molar-refractivity contribution in [2.45, 2.75) is 0 Å². The molecule has 1 amide bonds. The number of carbonyl (C=O) groups is 2. The Labute approximate surface area is 152 Å². The zero-order valence-corrected chi connectivity index (χ0v) is 13.9. The normalized spacial score (nSPS) is 10.8. The third-order valence-corrected chi connectivity index (χ3v) is 4.28. The van der Waals surface area contributed by atoms with Gasteiger partial charge in [-0.3, -0.25) is 4.79 Å². The van der Waals surface area contributed by atoms with Crippen LogP contribution in [-0.4, -0.2) is 17.0 Å². The summed E-state index contributed by atoms with van der Waals surface area (Å²) < 4.78 is 5.32. The molecule has 4 rings (SSSR count). The Balaban J connectivity index is 1.74. The second-order valence-electron chi connectivity index (χ2n) is 5.98. The van der Waals surface area contributed by atoms with Crippen LogP contribution in [0.25, 0.3) is 21.7 Å². The quantitative estimate of drug-likeness (QED) is 0.427. The van der Waals surface area contributed by atoms with Crippen molar-refractivity contribution >= 4 is 39.3 Å². The van der Waals surface area contributed by atoms with Crippen LogP contribution in [0, 0.1) is 0 Å². The minimum absolute atomic E-state index is 0.102. The van der Waals surface area contributed by atoms with Crippen molar-refractivity contribution < 1.29 is 19.1 Å². The predicted octanol–water partition coefficient (Wildman–Crippen LogP) is 3.90. The van der Waals surface area contributed by atoms with Crippen LogP contribution in [0.5, 0.6) is 0 Å². The van der Waals surface area contributed by atoms with Gasteiger partial charge in [-0.05, 0) is 47.2 Å². The van der Waals surface area contributed by atoms with E-state index in [0.29, 0.717) is 16.7 Å². The molecule has 0 bridgehead atoms. The highest BCUT2D eigenvalue weighted by molar-refractivity contribution is 6.10. The number of nitrogens with one attached hydrogen (secondary N) is 1. The average molecular weight is 359 g/mol. The summed E-state index contributed by atoms with van der Waals surface area (Å²) in [6, 6.07) is 18.3. The maximum atomic E-state index is 12.5. The van der Waals surface area contributed by atoms with Crippen molar-refractivity contribution in [2.24, 2.45) is 0 Å². The topological polar surface area (TPSA) is 96.6 Å². The van der Waals surface area contributed by atoms with Crippen LogP contribution in [0.3, 0.4) is 0 Å². The van der Waals surface area contributed by atoms with E-state index in [-0.39, 0.29) is 11.1 Å². The lowest BCUT2D eigenvalue weighted by atomic mass is 10.0. The van der Waals surface area contributed by atoms with Gasteiger partial charge in [0.15, 0.2) is 0 Å². The lowest BCUT2D eigenvalue weighted by Gasteiger charge is -2.07. The number of fused-ring (bicyclic) bond motifs is 3. The van der Waals surface area contributed by atoms with E-state index in [1.54, 1.807) is 6.07 Å². The number of rotatable bonds is 3. The standard InChI is InChI=1S/C21H13NO5/c23-19(22-14-8-5-13(6-9-14)20(24)25)17-11-16-15-4-2-1-3-12(15)7-10-18(16)27-21(17)26/h1-11H,(H,22,23)(H,24,25). The number of carbonyl (C=O) groups excluding carboxylic acids is 1. The van der Waals surface area contributed by atoms with E-state index >= 15 is 0 Å². The second kappa shape index (κ2) is 6.42. The Morgan fingerprint density at radius 1 is 0.889 bits per heavy atom. The summed E-state index contributed by atoms with van der Waals surface area (Å²) in [5, 5.41) is 14.0. The highest BCUT2D eigenvalue weighted by atomic mass is 16.4. The molecule has 2 N–H and O–H groups in total. The van der Waals surface area contributed by atoms with Gasteiger partial charge in [-0.2, -0.15) is 0 Å². The molecule has 0 unspecified atom stereocenters. The first-order valence-electron chi connectivity index (χ1n) is 8.13. The fourth-order valence-corrected chi connectivity index (χ4v) is 2.92. The summed E-state index contributed by atoms with van der Waals surface area (Å²) in [7, 11) is 0. The van der Waals surface area contributed by atoms with Crippen LogP contribution >= 0.6 is 0 Å². The van der Waals surface area contributed by atoms with E-state index in [1.807, 2.05) is 30.3 Å². The van der Waals surface area contributed by atoms with Gasteiger partial charge in [-0.15, -0.1) is 0 Å². The summed E-state index contributed by atoms with van der Waals surface area (Å²) in [6.45, 7) is 0. The van der Waals surface area contributed by atoms with Gasteiger partial charge >= 0.3 is 11.6 Å². The molecule has 0 aliphatic carbocycles. The fourth-order valence-electron chi connectivity index (χ4n) is 2.92. The minimum Gasteiger partial charge on any atom is -0.478 e. The number of amides is 1. The lowest BCUT2D eigenvalue weighted by molar-refractivity contribution is 0.0696. The van der Waals surface area contributed by atoms with Gasteiger partial charge in [0.1, 0.15) is 11.1 Å². The number of hydrogen-bond acceptors (Lipinski definition) is 4. The molecule has 6 nitrogen and oxygen atoms in total. The molecule has 3 aromatic carbocycles. The molecule has 0 aliphatic rings. The molecular formula is C21H13NO5. The maximum absolute atomic E-state index is 12.5. The number of carboxylic acid groups (broad SMARTS) is 1. The van der Waals surface area contributed by atoms with Crippen LogP contribution in [0.15, 0.2) is 75.9 Å². The number of hydrogen-bond donors (Lipinski definition) is 2. The molecule has 0 spiro atoms. The zero-order valence-electron chi connectivity index (χ0n) is 13.9. The van der Waals surface area contributed by atoms with E-state index in [0.717, 1.165) is 10.8 Å². The molecule has 27 heavy (non-hydrogen) atoms. The van der Waals surface area contributed by atoms with E-state index in [4.69, 9.17) is 9.52 Å². The van der Waals surface area contributed by atoms with E-state index in [1.165, 1.54) is 30.3 Å². The fraction of sp³-hybridized carbons (Fsp3) is 0. The summed E-state index contributed by atoms with van der Waals surface area (Å²) in [6.07, 6.45) is 0. The van der Waals surface area contributed by atoms with Gasteiger partial charge in [0.2, 0.25) is 0 Å². The van der Waals surface area contributed by atoms with E-state index in [2.05, 4.69) is 5.32 Å². The molecule has 4 aromatic rings. The van der Waals surface area contributed by atoms with Crippen LogP contribution in [0.2, 0.25) is 0 Å². The van der Waals surface area contributed by atoms with Crippen molar-refractivity contribution in [1.29, 1.82) is 0 Å². The largest absolute Gasteiger partial charge is 0.478 e. The summed E-state index contributed by atoms with van der Waals surface area (Å²) in [5.74, 6) is -1.68. The Morgan fingerprint density at radius 2 is 1.63 bits per heavy atom. The molecule has 1 heterocycles. The molecule has 0 aliphatic heterocycles. The van der Waals surface area contributed by atoms with Crippen molar-refractivity contribution in [2.75, 3.05) is 5.32 Å². The van der Waals surface area contributed by atoms with Crippen LogP contribution in [0.1, 0.15) is 20.7 Å². The van der Waals surface area contributed by atoms with E-state index < -0.39 is 17.5 Å². The van der Waals surface area contributed by atoms with Gasteiger partial charge in [0.25, 0.3) is 5.91 Å². The van der Waals surface area contributed by atoms with Gasteiger partial charge in [-0.1, -0.05) is 30.3 Å². The highest BCUT2D eigenvalue weighted by Gasteiger charge is 2.15. The number of carboxylic acids is 1. The van der Waals surface area contributed by atoms with Crippen molar-refractivity contribution in [3.05, 3.63) is 88.3 Å². The van der Waals surface area contributed by atoms with Crippen LogP contribution in [-0.2, 0) is 0 Å². The van der Waals surface area contributed by atoms with Crippen LogP contribution < -0.4 is 10.9 Å². The average Bonchev–Trinajstić information content (AvgIpc) is 2.67. The zero-order chi connectivity index (χ0) is 19.0. The maximum Gasteiger partial charge on any atom is 0.349 e. The molecule has 0 saturated heterocycles. The van der Waals surface area contributed by atoms with Crippen molar-refractivity contribution in [3.8, 4) is 0 Å². The molecule has 1 aromatic heterocycles. The molecule has 0 saturated carbocycles. The first-order chi connectivity index (χ1) is 13.0. The molecule has 0 radical (unpaired) electrons. The molecular weight excluding hydrogens is 346 g/mol. The van der Waals surface area contributed by atoms with Gasteiger partial charge in [0.05, 0.1) is 5.56 Å². The minimum atomic E-state index is -1.06. The molecule has 132 valence electrons. The Hall–Kier alpha value is -3.93.